The third kappa shape index (κ3) is 15.9. The number of hydrogen-bond donors (Lipinski definition) is 0. The highest BCUT2D eigenvalue weighted by molar-refractivity contribution is 6.12. The summed E-state index contributed by atoms with van der Waals surface area (Å²) in [4.78, 5) is 9.55. The van der Waals surface area contributed by atoms with Crippen LogP contribution in [0.1, 0.15) is 47.2 Å². The number of para-hydroxylation sites is 7. The van der Waals surface area contributed by atoms with Crippen molar-refractivity contribution in [2.45, 2.75) is 24.7 Å². The van der Waals surface area contributed by atoms with Gasteiger partial charge in [0.15, 0.2) is 17.1 Å². The summed E-state index contributed by atoms with van der Waals surface area (Å²) in [5.74, 6) is 1.75. The summed E-state index contributed by atoms with van der Waals surface area (Å²) in [6, 6.07) is 200. The molecule has 22 aromatic carbocycles. The summed E-state index contributed by atoms with van der Waals surface area (Å²) < 4.78 is 12.7. The highest BCUT2D eigenvalue weighted by atomic mass is 16.5. The average molecular weight is 1820 g/mol. The first kappa shape index (κ1) is 86.5. The molecule has 142 heavy (non-hydrogen) atoms. The predicted molar refractivity (Wildman–Crippen MR) is 593 cm³/mol. The third-order valence-corrected chi connectivity index (χ3v) is 28.3. The van der Waals surface area contributed by atoms with Gasteiger partial charge in [-0.25, -0.2) is 0 Å². The second kappa shape index (κ2) is 37.6. The monoisotopic (exact) mass is 1820 g/mol. The van der Waals surface area contributed by atoms with E-state index < -0.39 is 5.41 Å². The Labute approximate surface area is 829 Å². The molecule has 0 radical (unpaired) electrons. The second-order valence-electron chi connectivity index (χ2n) is 36.9. The molecule has 1 aromatic heterocycles. The van der Waals surface area contributed by atoms with E-state index in [4.69, 9.17) is 9.15 Å². The standard InChI is InChI=1S/C73H52N2.C39H29NO.C24H17NO/c1-7-22-53(23-8-1)56-38-44-62(45-39-56)74(63-46-40-57(41-47-63)54-24-9-2-10-25-54)71-37-21-35-68-72(71)67-51-50-65(52-69(67)73(68,60-30-15-5-16-31-60)61-32-17-6-18-33-61)75(64-48-42-58(43-49-64)55-26-11-3-12-27-55)70-36-20-19-34-66(70)59-28-13-4-14-29-59;1-39(2)32-17-8-6-15-31(32)37-33(39)18-11-19-34(37)40(28-24-22-27(23-25-28)26-12-4-3-5-13-26)35-20-10-16-30-29-14-7-9-21-36(29)41-38(30)35;1-2-8-18(9-3-1)19-14-16-20(17-15-19)25-21-10-4-6-12-23(21)26-24-13-7-5-11-22(24)25/h1-52H;3-25H,1-2H3;1-17H. The van der Waals surface area contributed by atoms with Gasteiger partial charge in [0.25, 0.3) is 0 Å². The van der Waals surface area contributed by atoms with Gasteiger partial charge in [0.1, 0.15) is 5.58 Å². The average Bonchev–Trinajstić information content (AvgIpc) is 1.53. The molecular weight excluding hydrogens is 1720 g/mol. The lowest BCUT2D eigenvalue weighted by Gasteiger charge is -2.35. The molecule has 0 amide bonds. The van der Waals surface area contributed by atoms with E-state index in [9.17, 15) is 0 Å². The van der Waals surface area contributed by atoms with Gasteiger partial charge in [0.05, 0.1) is 39.5 Å². The fourth-order valence-electron chi connectivity index (χ4n) is 21.6. The molecule has 2 heterocycles. The molecule has 26 rings (SSSR count). The number of rotatable bonds is 18. The molecule has 1 aliphatic heterocycles. The van der Waals surface area contributed by atoms with E-state index in [2.05, 4.69) is 543 Å². The SMILES string of the molecule is CC1(C)c2ccccc2-c2c(N(c3ccc(-c4ccccc4)cc3)c3cccc4c3oc3ccccc34)cccc21.c1ccc(-c2ccc(N(c3ccc4c(c3)C(c3ccccc3)(c3ccccc3)c3cccc(N(c5ccc(-c6ccccc6)cc5)c5ccc(-c6ccccc6)cc5)c3-4)c3ccccc3-c3ccccc3)cc2)cc1.c1ccc(-c2ccc(N3c4ccccc4Oc4ccccc43)cc2)cc1. The Bertz CT molecular complexity index is 8290. The number of benzene rings is 22. The molecular formula is C136H98N4O2. The molecule has 0 spiro atoms. The predicted octanol–water partition coefficient (Wildman–Crippen LogP) is 37.6. The molecule has 0 saturated heterocycles. The smallest absolute Gasteiger partial charge is 0.159 e. The topological polar surface area (TPSA) is 35.3 Å². The Kier molecular flexibility index (Phi) is 22.9. The lowest BCUT2D eigenvalue weighted by molar-refractivity contribution is 0.477. The Morgan fingerprint density at radius 2 is 0.535 bits per heavy atom. The minimum absolute atomic E-state index is 0.0872. The quantitative estimate of drug-likeness (QED) is 0.0852. The minimum Gasteiger partial charge on any atom is -0.454 e. The van der Waals surface area contributed by atoms with Crippen molar-refractivity contribution in [1.29, 1.82) is 0 Å². The number of fused-ring (bicyclic) bond motifs is 11. The van der Waals surface area contributed by atoms with Crippen LogP contribution in [0.5, 0.6) is 11.5 Å². The van der Waals surface area contributed by atoms with Crippen molar-refractivity contribution < 1.29 is 9.15 Å². The fraction of sp³-hybridized carbons (Fsp3) is 0.0294. The summed E-state index contributed by atoms with van der Waals surface area (Å²) in [6.07, 6.45) is 0. The van der Waals surface area contributed by atoms with Gasteiger partial charge in [0.2, 0.25) is 0 Å². The van der Waals surface area contributed by atoms with Gasteiger partial charge in [-0.2, -0.15) is 0 Å². The highest BCUT2D eigenvalue weighted by Gasteiger charge is 2.48. The second-order valence-corrected chi connectivity index (χ2v) is 36.9. The largest absolute Gasteiger partial charge is 0.454 e. The van der Waals surface area contributed by atoms with Crippen molar-refractivity contribution >= 4 is 90.2 Å². The number of nitrogens with zero attached hydrogens (tertiary/aromatic N) is 4. The maximum absolute atomic E-state index is 6.59. The molecule has 0 N–H and O–H groups in total. The normalized spacial score (nSPS) is 12.5. The molecule has 2 aliphatic carbocycles. The Balaban J connectivity index is 0.000000134. The summed E-state index contributed by atoms with van der Waals surface area (Å²) in [5, 5.41) is 2.26. The molecule has 0 atom stereocenters. The third-order valence-electron chi connectivity index (χ3n) is 28.3. The van der Waals surface area contributed by atoms with E-state index in [1.807, 2.05) is 48.5 Å². The minimum atomic E-state index is -0.693. The first-order valence-electron chi connectivity index (χ1n) is 48.7. The summed E-state index contributed by atoms with van der Waals surface area (Å²) in [5.41, 5.74) is 40.8. The zero-order chi connectivity index (χ0) is 94.9. The summed E-state index contributed by atoms with van der Waals surface area (Å²) >= 11 is 0. The first-order valence-corrected chi connectivity index (χ1v) is 48.7. The van der Waals surface area contributed by atoms with E-state index in [0.29, 0.717) is 0 Å². The molecule has 6 nitrogen and oxygen atoms in total. The van der Waals surface area contributed by atoms with E-state index in [-0.39, 0.29) is 5.41 Å². The molecule has 3 aliphatic rings. The fourth-order valence-corrected chi connectivity index (χ4v) is 21.6. The van der Waals surface area contributed by atoms with Crippen LogP contribution in [-0.2, 0) is 10.8 Å². The van der Waals surface area contributed by atoms with Crippen LogP contribution in [0.2, 0.25) is 0 Å². The molecule has 674 valence electrons. The molecule has 6 heteroatoms. The van der Waals surface area contributed by atoms with Gasteiger partial charge in [0, 0.05) is 67.0 Å². The molecule has 0 saturated carbocycles. The van der Waals surface area contributed by atoms with Gasteiger partial charge >= 0.3 is 0 Å². The zero-order valence-corrected chi connectivity index (χ0v) is 78.7. The first-order chi connectivity index (χ1) is 70.2. The van der Waals surface area contributed by atoms with Gasteiger partial charge in [-0.15, -0.1) is 0 Å². The Hall–Kier alpha value is -18.4. The van der Waals surface area contributed by atoms with Crippen LogP contribution in [0.15, 0.2) is 563 Å². The lowest BCUT2D eigenvalue weighted by Crippen LogP contribution is -2.29. The van der Waals surface area contributed by atoms with Crippen LogP contribution in [0.3, 0.4) is 0 Å². The van der Waals surface area contributed by atoms with Crippen molar-refractivity contribution in [3.63, 3.8) is 0 Å². The van der Waals surface area contributed by atoms with Gasteiger partial charge in [-0.05, 0) is 233 Å². The number of ether oxygens (including phenoxy) is 1. The van der Waals surface area contributed by atoms with Crippen LogP contribution >= 0.6 is 0 Å². The number of furan rings is 1. The number of anilines is 12. The Morgan fingerprint density at radius 1 is 0.211 bits per heavy atom. The van der Waals surface area contributed by atoms with Crippen molar-refractivity contribution in [2.75, 3.05) is 19.6 Å². The Morgan fingerprint density at radius 3 is 1.03 bits per heavy atom. The molecule has 0 unspecified atom stereocenters. The number of hydrogen-bond acceptors (Lipinski definition) is 6. The van der Waals surface area contributed by atoms with E-state index >= 15 is 0 Å². The zero-order valence-electron chi connectivity index (χ0n) is 78.7. The van der Waals surface area contributed by atoms with Crippen molar-refractivity contribution in [2.24, 2.45) is 0 Å². The van der Waals surface area contributed by atoms with Gasteiger partial charge < -0.3 is 28.8 Å². The van der Waals surface area contributed by atoms with Crippen LogP contribution in [0.25, 0.3) is 111 Å². The van der Waals surface area contributed by atoms with Crippen molar-refractivity contribution in [1.82, 2.24) is 0 Å². The van der Waals surface area contributed by atoms with Crippen molar-refractivity contribution in [3.8, 4) is 101 Å². The summed E-state index contributed by atoms with van der Waals surface area (Å²) in [7, 11) is 0. The van der Waals surface area contributed by atoms with Gasteiger partial charge in [-0.1, -0.05) is 445 Å². The molecule has 0 bridgehead atoms. The van der Waals surface area contributed by atoms with Crippen LogP contribution in [0.4, 0.5) is 68.2 Å². The van der Waals surface area contributed by atoms with Crippen LogP contribution in [0, 0.1) is 0 Å². The highest BCUT2D eigenvalue weighted by Crippen LogP contribution is 2.62. The maximum Gasteiger partial charge on any atom is 0.159 e. The van der Waals surface area contributed by atoms with E-state index in [1.165, 1.54) is 111 Å². The van der Waals surface area contributed by atoms with E-state index in [0.717, 1.165) is 113 Å². The van der Waals surface area contributed by atoms with E-state index in [1.54, 1.807) is 0 Å². The maximum atomic E-state index is 6.59. The lowest BCUT2D eigenvalue weighted by atomic mass is 9.67. The molecule has 23 aromatic rings. The summed E-state index contributed by atoms with van der Waals surface area (Å²) in [6.45, 7) is 4.67. The molecule has 0 fully saturated rings. The van der Waals surface area contributed by atoms with Crippen LogP contribution < -0.4 is 24.3 Å². The van der Waals surface area contributed by atoms with Crippen LogP contribution in [-0.4, -0.2) is 0 Å². The van der Waals surface area contributed by atoms with Gasteiger partial charge in [-0.3, -0.25) is 0 Å². The van der Waals surface area contributed by atoms with Crippen molar-refractivity contribution in [3.05, 3.63) is 591 Å².